The molecule has 1 unspecified atom stereocenters. The summed E-state index contributed by atoms with van der Waals surface area (Å²) in [6, 6.07) is 9.46. The second-order valence-electron chi connectivity index (χ2n) is 6.42. The molecule has 1 aromatic rings. The van der Waals surface area contributed by atoms with Gasteiger partial charge in [0, 0.05) is 26.6 Å². The molecule has 7 nitrogen and oxygen atoms in total. The van der Waals surface area contributed by atoms with Crippen LogP contribution in [0.15, 0.2) is 30.3 Å². The Balaban J connectivity index is 2.06. The molecule has 1 fully saturated rings. The largest absolute Gasteiger partial charge is 0.395 e. The Morgan fingerprint density at radius 2 is 2.04 bits per heavy atom. The molecule has 1 heterocycles. The third-order valence-electron chi connectivity index (χ3n) is 4.23. The van der Waals surface area contributed by atoms with Crippen LogP contribution in [0.4, 0.5) is 0 Å². The van der Waals surface area contributed by atoms with Gasteiger partial charge in [0.2, 0.25) is 11.8 Å². The topological polar surface area (TPSA) is 90.3 Å². The Hall–Kier alpha value is -1.96. The predicted molar refractivity (Wildman–Crippen MR) is 91.6 cm³/mol. The van der Waals surface area contributed by atoms with Crippen LogP contribution in [0.1, 0.15) is 18.9 Å². The van der Waals surface area contributed by atoms with Crippen molar-refractivity contribution >= 4 is 11.8 Å². The van der Waals surface area contributed by atoms with Crippen molar-refractivity contribution in [2.45, 2.75) is 25.5 Å². The molecule has 7 heteroatoms. The molecule has 2 rings (SSSR count). The molecule has 2 N–H and O–H groups in total. The minimum absolute atomic E-state index is 0.000815. The molecule has 138 valence electrons. The van der Waals surface area contributed by atoms with E-state index in [0.717, 1.165) is 5.56 Å². The third-order valence-corrected chi connectivity index (χ3v) is 4.23. The number of nitrogens with zero attached hydrogens (tertiary/aromatic N) is 2. The van der Waals surface area contributed by atoms with Crippen molar-refractivity contribution in [3.63, 3.8) is 0 Å². The van der Waals surface area contributed by atoms with Gasteiger partial charge in [0.15, 0.2) is 0 Å². The maximum absolute atomic E-state index is 12.7. The van der Waals surface area contributed by atoms with Gasteiger partial charge >= 0.3 is 0 Å². The van der Waals surface area contributed by atoms with Crippen molar-refractivity contribution in [1.82, 2.24) is 9.80 Å². The van der Waals surface area contributed by atoms with Gasteiger partial charge in [-0.25, -0.2) is 0 Å². The first kappa shape index (κ1) is 19.4. The predicted octanol–water partition coefficient (Wildman–Crippen LogP) is 0.00740. The fourth-order valence-corrected chi connectivity index (χ4v) is 2.90. The lowest BCUT2D eigenvalue weighted by Crippen LogP contribution is -2.49. The first-order valence-corrected chi connectivity index (χ1v) is 8.42. The van der Waals surface area contributed by atoms with E-state index < -0.39 is 5.60 Å². The van der Waals surface area contributed by atoms with E-state index in [0.29, 0.717) is 19.7 Å². The van der Waals surface area contributed by atoms with Crippen LogP contribution < -0.4 is 0 Å². The number of hydrogen-bond donors (Lipinski definition) is 2. The Labute approximate surface area is 147 Å². The molecule has 0 bridgehead atoms. The van der Waals surface area contributed by atoms with Gasteiger partial charge in [0.05, 0.1) is 32.8 Å². The third kappa shape index (κ3) is 5.81. The molecule has 1 aromatic carbocycles. The smallest absolute Gasteiger partial charge is 0.226 e. The van der Waals surface area contributed by atoms with Gasteiger partial charge in [0.1, 0.15) is 5.60 Å². The van der Waals surface area contributed by atoms with Crippen molar-refractivity contribution in [3.05, 3.63) is 35.9 Å². The van der Waals surface area contributed by atoms with Gasteiger partial charge in [-0.1, -0.05) is 30.3 Å². The fourth-order valence-electron chi connectivity index (χ4n) is 2.90. The van der Waals surface area contributed by atoms with E-state index in [-0.39, 0.29) is 44.5 Å². The van der Waals surface area contributed by atoms with E-state index in [9.17, 15) is 19.8 Å². The molecule has 1 aliphatic rings. The van der Waals surface area contributed by atoms with E-state index >= 15 is 0 Å². The number of carbonyl (C=O) groups is 2. The summed E-state index contributed by atoms with van der Waals surface area (Å²) in [6.45, 7) is 2.60. The molecule has 0 aromatic heterocycles. The maximum Gasteiger partial charge on any atom is 0.226 e. The molecule has 1 atom stereocenters. The number of β-amino-alcohol motifs (C(OH)–C–C–N with tert-alkyl or cyclic N) is 1. The van der Waals surface area contributed by atoms with E-state index in [2.05, 4.69) is 0 Å². The quantitative estimate of drug-likeness (QED) is 0.754. The van der Waals surface area contributed by atoms with Crippen molar-refractivity contribution in [2.24, 2.45) is 0 Å². The summed E-state index contributed by atoms with van der Waals surface area (Å²) in [5.74, 6) is -0.442. The van der Waals surface area contributed by atoms with Gasteiger partial charge < -0.3 is 24.7 Å². The number of aliphatic hydroxyl groups excluding tert-OH is 1. The lowest BCUT2D eigenvalue weighted by molar-refractivity contribution is -0.143. The standard InChI is InChI=1S/C18H26N2O5/c1-15(22)20-8-10-25-14-18(24,13-20)11-17(23)19(7-9-21)12-16-5-3-2-4-6-16/h2-6,21,24H,7-14H2,1H3. The summed E-state index contributed by atoms with van der Waals surface area (Å²) in [4.78, 5) is 27.3. The monoisotopic (exact) mass is 350 g/mol. The fraction of sp³-hybridized carbons (Fsp3) is 0.556. The Kier molecular flexibility index (Phi) is 6.92. The second-order valence-corrected chi connectivity index (χ2v) is 6.42. The molecule has 1 aliphatic heterocycles. The Morgan fingerprint density at radius 1 is 1.32 bits per heavy atom. The lowest BCUT2D eigenvalue weighted by Gasteiger charge is -2.32. The number of amides is 2. The highest BCUT2D eigenvalue weighted by molar-refractivity contribution is 5.78. The minimum Gasteiger partial charge on any atom is -0.395 e. The van der Waals surface area contributed by atoms with E-state index in [1.54, 1.807) is 0 Å². The van der Waals surface area contributed by atoms with Gasteiger partial charge in [-0.3, -0.25) is 9.59 Å². The van der Waals surface area contributed by atoms with Crippen molar-refractivity contribution in [3.8, 4) is 0 Å². The van der Waals surface area contributed by atoms with Gasteiger partial charge in [-0.15, -0.1) is 0 Å². The zero-order chi connectivity index (χ0) is 18.3. The Morgan fingerprint density at radius 3 is 2.68 bits per heavy atom. The first-order chi connectivity index (χ1) is 11.9. The molecule has 0 spiro atoms. The number of benzene rings is 1. The van der Waals surface area contributed by atoms with Crippen LogP contribution in [0.2, 0.25) is 0 Å². The summed E-state index contributed by atoms with van der Waals surface area (Å²) in [6.07, 6.45) is -0.163. The average molecular weight is 350 g/mol. The summed E-state index contributed by atoms with van der Waals surface area (Å²) < 4.78 is 5.39. The number of aliphatic hydroxyl groups is 2. The van der Waals surface area contributed by atoms with Crippen LogP contribution >= 0.6 is 0 Å². The molecular formula is C18H26N2O5. The number of carbonyl (C=O) groups excluding carboxylic acids is 2. The molecule has 0 radical (unpaired) electrons. The first-order valence-electron chi connectivity index (χ1n) is 8.42. The van der Waals surface area contributed by atoms with Crippen LogP contribution in [0, 0.1) is 0 Å². The summed E-state index contributed by atoms with van der Waals surface area (Å²) >= 11 is 0. The van der Waals surface area contributed by atoms with E-state index in [4.69, 9.17) is 4.74 Å². The molecular weight excluding hydrogens is 324 g/mol. The lowest BCUT2D eigenvalue weighted by atomic mass is 9.99. The van der Waals surface area contributed by atoms with E-state index in [1.165, 1.54) is 16.7 Å². The highest BCUT2D eigenvalue weighted by atomic mass is 16.5. The van der Waals surface area contributed by atoms with Crippen molar-refractivity contribution in [2.75, 3.05) is 39.5 Å². The number of rotatable bonds is 6. The molecule has 2 amide bonds. The van der Waals surface area contributed by atoms with E-state index in [1.807, 2.05) is 30.3 Å². The zero-order valence-corrected chi connectivity index (χ0v) is 14.6. The Bertz CT molecular complexity index is 580. The maximum atomic E-state index is 12.7. The number of ether oxygens (including phenoxy) is 1. The van der Waals surface area contributed by atoms with Crippen LogP contribution in [-0.4, -0.2) is 76.9 Å². The molecule has 0 aliphatic carbocycles. The minimum atomic E-state index is -1.43. The summed E-state index contributed by atoms with van der Waals surface area (Å²) in [5.41, 5.74) is -0.484. The van der Waals surface area contributed by atoms with Gasteiger partial charge in [-0.2, -0.15) is 0 Å². The SMILES string of the molecule is CC(=O)N1CCOCC(O)(CC(=O)N(CCO)Cc2ccccc2)C1. The molecule has 25 heavy (non-hydrogen) atoms. The summed E-state index contributed by atoms with van der Waals surface area (Å²) in [7, 11) is 0. The second kappa shape index (κ2) is 8.94. The zero-order valence-electron chi connectivity index (χ0n) is 14.6. The molecule has 0 saturated carbocycles. The van der Waals surface area contributed by atoms with Crippen LogP contribution in [0.5, 0.6) is 0 Å². The highest BCUT2D eigenvalue weighted by Gasteiger charge is 2.37. The van der Waals surface area contributed by atoms with Gasteiger partial charge in [0.25, 0.3) is 0 Å². The van der Waals surface area contributed by atoms with Gasteiger partial charge in [-0.05, 0) is 5.56 Å². The normalized spacial score (nSPS) is 20.8. The average Bonchev–Trinajstić information content (AvgIpc) is 2.77. The highest BCUT2D eigenvalue weighted by Crippen LogP contribution is 2.19. The number of hydrogen-bond acceptors (Lipinski definition) is 5. The van der Waals surface area contributed by atoms with Crippen molar-refractivity contribution in [1.29, 1.82) is 0 Å². The van der Waals surface area contributed by atoms with Crippen molar-refractivity contribution < 1.29 is 24.5 Å². The van der Waals surface area contributed by atoms with Crippen LogP contribution in [-0.2, 0) is 20.9 Å². The molecule has 1 saturated heterocycles. The summed E-state index contributed by atoms with van der Waals surface area (Å²) in [5, 5.41) is 20.1. The van der Waals surface area contributed by atoms with Crippen LogP contribution in [0.3, 0.4) is 0 Å². The van der Waals surface area contributed by atoms with Crippen LogP contribution in [0.25, 0.3) is 0 Å².